The molecule has 0 fully saturated rings. The summed E-state index contributed by atoms with van der Waals surface area (Å²) in [5.41, 5.74) is 13.9. The van der Waals surface area contributed by atoms with E-state index in [9.17, 15) is 0 Å². The third-order valence-electron chi connectivity index (χ3n) is 11.4. The van der Waals surface area contributed by atoms with Crippen molar-refractivity contribution in [3.63, 3.8) is 0 Å². The monoisotopic (exact) mass is 688 g/mol. The van der Waals surface area contributed by atoms with Crippen LogP contribution in [0.2, 0.25) is 0 Å². The van der Waals surface area contributed by atoms with Crippen molar-refractivity contribution in [1.82, 2.24) is 19.9 Å². The molecule has 250 valence electrons. The number of pyridine rings is 4. The SMILES string of the molecule is c1ccc2c(c1)Oc1ccc(-c3ccc4ccc5cccnc5c4n3)cc1C21c2ccccc2-c2ccc(-c3ccc4ccc5cccnc5c4n3)cc21. The lowest BCUT2D eigenvalue weighted by Gasteiger charge is -2.39. The summed E-state index contributed by atoms with van der Waals surface area (Å²) < 4.78 is 6.77. The summed E-state index contributed by atoms with van der Waals surface area (Å²) in [7, 11) is 0. The van der Waals surface area contributed by atoms with Crippen LogP contribution in [0.5, 0.6) is 11.5 Å². The summed E-state index contributed by atoms with van der Waals surface area (Å²) >= 11 is 0. The second-order valence-electron chi connectivity index (χ2n) is 14.2. The summed E-state index contributed by atoms with van der Waals surface area (Å²) in [4.78, 5) is 20.0. The molecule has 1 atom stereocenters. The Hall–Kier alpha value is -7.24. The molecule has 0 saturated heterocycles. The van der Waals surface area contributed by atoms with Gasteiger partial charge in [0.05, 0.1) is 38.9 Å². The number of hydrogen-bond donors (Lipinski definition) is 0. The first-order valence-electron chi connectivity index (χ1n) is 18.2. The van der Waals surface area contributed by atoms with Crippen molar-refractivity contribution in [2.45, 2.75) is 5.41 Å². The van der Waals surface area contributed by atoms with Crippen LogP contribution in [0.3, 0.4) is 0 Å². The van der Waals surface area contributed by atoms with Crippen LogP contribution in [0.4, 0.5) is 0 Å². The van der Waals surface area contributed by atoms with Crippen LogP contribution in [0.25, 0.3) is 77.3 Å². The third-order valence-corrected chi connectivity index (χ3v) is 11.4. The molecule has 54 heavy (non-hydrogen) atoms. The van der Waals surface area contributed by atoms with Crippen LogP contribution >= 0.6 is 0 Å². The minimum Gasteiger partial charge on any atom is -0.457 e. The van der Waals surface area contributed by atoms with Crippen LogP contribution in [0.15, 0.2) is 170 Å². The molecule has 6 aromatic carbocycles. The fourth-order valence-corrected chi connectivity index (χ4v) is 8.99. The zero-order valence-corrected chi connectivity index (χ0v) is 28.9. The van der Waals surface area contributed by atoms with E-state index in [1.807, 2.05) is 24.5 Å². The molecule has 5 nitrogen and oxygen atoms in total. The number of nitrogens with zero attached hydrogens (tertiary/aromatic N) is 4. The average molecular weight is 689 g/mol. The Kier molecular flexibility index (Phi) is 5.92. The molecule has 0 N–H and O–H groups in total. The lowest BCUT2D eigenvalue weighted by molar-refractivity contribution is 0.436. The molecular weight excluding hydrogens is 661 g/mol. The second-order valence-corrected chi connectivity index (χ2v) is 14.2. The van der Waals surface area contributed by atoms with Crippen LogP contribution in [0, 0.1) is 0 Å². The average Bonchev–Trinajstić information content (AvgIpc) is 3.53. The van der Waals surface area contributed by atoms with Crippen LogP contribution in [-0.4, -0.2) is 19.9 Å². The Morgan fingerprint density at radius 1 is 0.370 bits per heavy atom. The fourth-order valence-electron chi connectivity index (χ4n) is 8.99. The van der Waals surface area contributed by atoms with E-state index < -0.39 is 5.41 Å². The third kappa shape index (κ3) is 3.98. The number of fused-ring (bicyclic) bond motifs is 15. The van der Waals surface area contributed by atoms with E-state index in [2.05, 4.69) is 146 Å². The van der Waals surface area contributed by atoms with E-state index in [1.54, 1.807) is 0 Å². The van der Waals surface area contributed by atoms with Crippen molar-refractivity contribution in [3.8, 4) is 45.1 Å². The van der Waals surface area contributed by atoms with Crippen molar-refractivity contribution in [2.75, 3.05) is 0 Å². The topological polar surface area (TPSA) is 60.8 Å². The van der Waals surface area contributed by atoms with Gasteiger partial charge in [-0.15, -0.1) is 0 Å². The first kappa shape index (κ1) is 29.3. The zero-order valence-electron chi connectivity index (χ0n) is 28.9. The Bertz CT molecular complexity index is 3230. The molecule has 5 heterocycles. The lowest BCUT2D eigenvalue weighted by atomic mass is 9.65. The van der Waals surface area contributed by atoms with Crippen molar-refractivity contribution in [3.05, 3.63) is 192 Å². The van der Waals surface area contributed by atoms with Gasteiger partial charge in [0.25, 0.3) is 0 Å². The van der Waals surface area contributed by atoms with Gasteiger partial charge >= 0.3 is 0 Å². The highest BCUT2D eigenvalue weighted by molar-refractivity contribution is 6.04. The highest BCUT2D eigenvalue weighted by Crippen LogP contribution is 2.62. The molecule has 4 aromatic heterocycles. The maximum Gasteiger partial charge on any atom is 0.132 e. The van der Waals surface area contributed by atoms with Gasteiger partial charge in [-0.25, -0.2) is 9.97 Å². The molecule has 0 saturated carbocycles. The predicted octanol–water partition coefficient (Wildman–Crippen LogP) is 11.7. The van der Waals surface area contributed by atoms with Gasteiger partial charge in [0.15, 0.2) is 0 Å². The Morgan fingerprint density at radius 2 is 0.889 bits per heavy atom. The van der Waals surface area contributed by atoms with E-state index in [-0.39, 0.29) is 0 Å². The molecule has 1 aliphatic carbocycles. The Balaban J connectivity index is 1.12. The molecule has 1 aliphatic heterocycles. The van der Waals surface area contributed by atoms with E-state index >= 15 is 0 Å². The largest absolute Gasteiger partial charge is 0.457 e. The Labute approximate surface area is 310 Å². The van der Waals surface area contributed by atoms with Gasteiger partial charge in [0.1, 0.15) is 11.5 Å². The standard InChI is InChI=1S/C49H28N4O/c1-2-10-37-35(9-1)36-21-17-33(41-22-18-31-15-13-29-7-5-25-50-45(29)47(31)52-41)27-39(36)49(37)38-11-3-4-12-43(38)54-44-24-20-34(28-40(44)49)42-23-19-32-16-14-30-8-6-26-51-46(30)48(32)53-42/h1-28H. The zero-order chi connectivity index (χ0) is 35.4. The quantitative estimate of drug-likeness (QED) is 0.169. The minimum absolute atomic E-state index is 0.654. The maximum atomic E-state index is 6.77. The summed E-state index contributed by atoms with van der Waals surface area (Å²) in [5, 5.41) is 4.29. The molecular formula is C49H28N4O. The molecule has 5 heteroatoms. The second kappa shape index (κ2) is 10.9. The van der Waals surface area contributed by atoms with Gasteiger partial charge in [-0.3, -0.25) is 9.97 Å². The smallest absolute Gasteiger partial charge is 0.132 e. The van der Waals surface area contributed by atoms with E-state index in [0.29, 0.717) is 0 Å². The molecule has 0 bridgehead atoms. The maximum absolute atomic E-state index is 6.77. The molecule has 0 amide bonds. The van der Waals surface area contributed by atoms with Crippen LogP contribution in [-0.2, 0) is 5.41 Å². The molecule has 1 unspecified atom stereocenters. The molecule has 10 aromatic rings. The first-order chi connectivity index (χ1) is 26.7. The van der Waals surface area contributed by atoms with Gasteiger partial charge in [0.2, 0.25) is 0 Å². The van der Waals surface area contributed by atoms with Crippen molar-refractivity contribution in [2.24, 2.45) is 0 Å². The molecule has 1 spiro atoms. The molecule has 2 aliphatic rings. The minimum atomic E-state index is -0.654. The number of benzene rings is 6. The lowest BCUT2D eigenvalue weighted by Crippen LogP contribution is -2.32. The van der Waals surface area contributed by atoms with Crippen LogP contribution < -0.4 is 4.74 Å². The van der Waals surface area contributed by atoms with Gasteiger partial charge in [0, 0.05) is 56.2 Å². The first-order valence-corrected chi connectivity index (χ1v) is 18.2. The summed E-state index contributed by atoms with van der Waals surface area (Å²) in [6.45, 7) is 0. The van der Waals surface area contributed by atoms with E-state index in [0.717, 1.165) is 88.8 Å². The highest BCUT2D eigenvalue weighted by Gasteiger charge is 2.51. The van der Waals surface area contributed by atoms with Crippen LogP contribution in [0.1, 0.15) is 22.3 Å². The van der Waals surface area contributed by atoms with Gasteiger partial charge in [-0.2, -0.15) is 0 Å². The number of hydrogen-bond acceptors (Lipinski definition) is 5. The number of ether oxygens (including phenoxy) is 1. The van der Waals surface area contributed by atoms with Gasteiger partial charge in [-0.1, -0.05) is 103 Å². The van der Waals surface area contributed by atoms with Crippen molar-refractivity contribution >= 4 is 43.6 Å². The van der Waals surface area contributed by atoms with Crippen molar-refractivity contribution < 1.29 is 4.74 Å². The van der Waals surface area contributed by atoms with E-state index in [1.165, 1.54) is 22.3 Å². The van der Waals surface area contributed by atoms with E-state index in [4.69, 9.17) is 24.7 Å². The number of rotatable bonds is 2. The predicted molar refractivity (Wildman–Crippen MR) is 216 cm³/mol. The number of aromatic nitrogens is 4. The molecule has 0 radical (unpaired) electrons. The summed E-state index contributed by atoms with van der Waals surface area (Å²) in [5.74, 6) is 1.69. The molecule has 12 rings (SSSR count). The van der Waals surface area contributed by atoms with Crippen molar-refractivity contribution in [1.29, 1.82) is 0 Å². The highest BCUT2D eigenvalue weighted by atomic mass is 16.5. The summed E-state index contributed by atoms with van der Waals surface area (Å²) in [6, 6.07) is 55.8. The van der Waals surface area contributed by atoms with Gasteiger partial charge in [-0.05, 0) is 76.9 Å². The number of para-hydroxylation sites is 1. The van der Waals surface area contributed by atoms with Gasteiger partial charge < -0.3 is 4.74 Å². The Morgan fingerprint density at radius 3 is 1.57 bits per heavy atom. The normalized spacial score (nSPS) is 15.3. The fraction of sp³-hybridized carbons (Fsp3) is 0.0204. The summed E-state index contributed by atoms with van der Waals surface area (Å²) in [6.07, 6.45) is 3.68.